The Hall–Kier alpha value is -3.32. The Labute approximate surface area is 163 Å². The number of urea groups is 1. The predicted molar refractivity (Wildman–Crippen MR) is 109 cm³/mol. The van der Waals surface area contributed by atoms with Gasteiger partial charge in [-0.3, -0.25) is 4.98 Å². The summed E-state index contributed by atoms with van der Waals surface area (Å²) >= 11 is 0. The number of rotatable bonds is 6. The molecule has 1 heterocycles. The van der Waals surface area contributed by atoms with Gasteiger partial charge in [-0.2, -0.15) is 0 Å². The molecule has 3 rings (SSSR count). The maximum atomic E-state index is 11.8. The van der Waals surface area contributed by atoms with E-state index in [4.69, 9.17) is 9.47 Å². The molecule has 0 radical (unpaired) electrons. The van der Waals surface area contributed by atoms with E-state index in [1.807, 2.05) is 36.4 Å². The highest BCUT2D eigenvalue weighted by atomic mass is 16.5. The molecule has 146 valence electrons. The number of benzene rings is 2. The monoisotopic (exact) mass is 381 g/mol. The Balaban J connectivity index is 1.84. The summed E-state index contributed by atoms with van der Waals surface area (Å²) in [4.78, 5) is 16.4. The van der Waals surface area contributed by atoms with Gasteiger partial charge in [0, 0.05) is 35.4 Å². The van der Waals surface area contributed by atoms with Crippen LogP contribution < -0.4 is 20.1 Å². The number of aliphatic hydroxyl groups excluding tert-OH is 1. The number of carbonyl (C=O) groups excluding carboxylic acids is 1. The number of hydrogen-bond acceptors (Lipinski definition) is 5. The molecule has 0 aliphatic carbocycles. The lowest BCUT2D eigenvalue weighted by Gasteiger charge is -2.11. The van der Waals surface area contributed by atoms with Gasteiger partial charge in [0.2, 0.25) is 0 Å². The number of aliphatic hydroxyl groups is 1. The first kappa shape index (κ1) is 19.4. The van der Waals surface area contributed by atoms with Crippen molar-refractivity contribution in [3.63, 3.8) is 0 Å². The van der Waals surface area contributed by atoms with E-state index in [2.05, 4.69) is 15.6 Å². The van der Waals surface area contributed by atoms with Gasteiger partial charge in [-0.05, 0) is 42.8 Å². The number of carbonyl (C=O) groups is 1. The lowest BCUT2D eigenvalue weighted by molar-refractivity contribution is 0.190. The van der Waals surface area contributed by atoms with Crippen LogP contribution in [0.1, 0.15) is 6.92 Å². The van der Waals surface area contributed by atoms with Crippen LogP contribution in [0.15, 0.2) is 48.7 Å². The third-order valence-electron chi connectivity index (χ3n) is 4.18. The lowest BCUT2D eigenvalue weighted by Crippen LogP contribution is -2.34. The minimum Gasteiger partial charge on any atom is -0.497 e. The molecule has 0 saturated heterocycles. The Morgan fingerprint density at radius 3 is 2.43 bits per heavy atom. The highest BCUT2D eigenvalue weighted by molar-refractivity contribution is 5.93. The minimum absolute atomic E-state index is 0.186. The van der Waals surface area contributed by atoms with Crippen molar-refractivity contribution in [2.75, 3.05) is 26.1 Å². The number of ether oxygens (including phenoxy) is 2. The van der Waals surface area contributed by atoms with Crippen molar-refractivity contribution in [2.45, 2.75) is 13.0 Å². The van der Waals surface area contributed by atoms with E-state index in [-0.39, 0.29) is 12.6 Å². The molecule has 0 fully saturated rings. The third kappa shape index (κ3) is 4.69. The molecular weight excluding hydrogens is 358 g/mol. The number of nitrogens with zero attached hydrogens (tertiary/aromatic N) is 1. The predicted octanol–water partition coefficient (Wildman–Crippen LogP) is 3.42. The quantitative estimate of drug-likeness (QED) is 0.608. The van der Waals surface area contributed by atoms with E-state index < -0.39 is 6.10 Å². The highest BCUT2D eigenvalue weighted by Crippen LogP contribution is 2.31. The highest BCUT2D eigenvalue weighted by Gasteiger charge is 2.08. The average Bonchev–Trinajstić information content (AvgIpc) is 2.71. The van der Waals surface area contributed by atoms with Gasteiger partial charge in [0.25, 0.3) is 0 Å². The van der Waals surface area contributed by atoms with Crippen molar-refractivity contribution in [2.24, 2.45) is 0 Å². The van der Waals surface area contributed by atoms with Crippen LogP contribution in [0.4, 0.5) is 10.5 Å². The van der Waals surface area contributed by atoms with E-state index >= 15 is 0 Å². The van der Waals surface area contributed by atoms with Crippen LogP contribution in [0.25, 0.3) is 22.0 Å². The van der Waals surface area contributed by atoms with Gasteiger partial charge < -0.3 is 25.2 Å². The second kappa shape index (κ2) is 8.58. The van der Waals surface area contributed by atoms with Crippen molar-refractivity contribution >= 4 is 22.6 Å². The summed E-state index contributed by atoms with van der Waals surface area (Å²) in [6.45, 7) is 1.79. The molecule has 0 bridgehead atoms. The van der Waals surface area contributed by atoms with E-state index in [1.54, 1.807) is 33.4 Å². The number of pyridine rings is 1. The molecule has 1 atom stereocenters. The zero-order valence-corrected chi connectivity index (χ0v) is 16.0. The molecular formula is C21H23N3O4. The SMILES string of the molecule is COc1cc(OC)cc(-c2cnc3cc(NC(=O)NC[C@H](C)O)ccc3c2)c1. The smallest absolute Gasteiger partial charge is 0.319 e. The van der Waals surface area contributed by atoms with Crippen molar-refractivity contribution in [1.82, 2.24) is 10.3 Å². The van der Waals surface area contributed by atoms with Gasteiger partial charge in [0.1, 0.15) is 11.5 Å². The average molecular weight is 381 g/mol. The Bertz CT molecular complexity index is 966. The Morgan fingerprint density at radius 1 is 1.07 bits per heavy atom. The minimum atomic E-state index is -0.599. The number of hydrogen-bond donors (Lipinski definition) is 3. The van der Waals surface area contributed by atoms with E-state index in [0.717, 1.165) is 22.0 Å². The molecule has 0 spiro atoms. The zero-order chi connectivity index (χ0) is 20.1. The number of anilines is 1. The molecule has 0 unspecified atom stereocenters. The van der Waals surface area contributed by atoms with Gasteiger partial charge in [0.05, 0.1) is 25.8 Å². The molecule has 1 aromatic heterocycles. The summed E-state index contributed by atoms with van der Waals surface area (Å²) in [7, 11) is 3.23. The second-order valence-corrected chi connectivity index (χ2v) is 6.42. The molecule has 7 heteroatoms. The number of fused-ring (bicyclic) bond motifs is 1. The summed E-state index contributed by atoms with van der Waals surface area (Å²) in [6.07, 6.45) is 1.17. The number of amides is 2. The molecule has 7 nitrogen and oxygen atoms in total. The Morgan fingerprint density at radius 2 is 1.79 bits per heavy atom. The van der Waals surface area contributed by atoms with Crippen LogP contribution in [0.5, 0.6) is 11.5 Å². The number of aromatic nitrogens is 1. The molecule has 0 saturated carbocycles. The standard InChI is InChI=1S/C21H23N3O4/c1-13(25)11-23-21(26)24-17-5-4-14-6-16(12-22-20(14)9-17)15-7-18(27-2)10-19(8-15)28-3/h4-10,12-13,25H,11H2,1-3H3,(H2,23,24,26)/t13-/m0/s1. The van der Waals surface area contributed by atoms with Crippen molar-refractivity contribution in [1.29, 1.82) is 0 Å². The van der Waals surface area contributed by atoms with E-state index in [0.29, 0.717) is 17.2 Å². The van der Waals surface area contributed by atoms with Crippen LogP contribution in [0.2, 0.25) is 0 Å². The van der Waals surface area contributed by atoms with Gasteiger partial charge in [0.15, 0.2) is 0 Å². The zero-order valence-electron chi connectivity index (χ0n) is 16.0. The molecule has 28 heavy (non-hydrogen) atoms. The maximum Gasteiger partial charge on any atom is 0.319 e. The summed E-state index contributed by atoms with van der Waals surface area (Å²) in [5.74, 6) is 1.41. The fourth-order valence-corrected chi connectivity index (χ4v) is 2.75. The van der Waals surface area contributed by atoms with E-state index in [9.17, 15) is 9.90 Å². The normalized spacial score (nSPS) is 11.7. The second-order valence-electron chi connectivity index (χ2n) is 6.42. The molecule has 3 aromatic rings. The summed E-state index contributed by atoms with van der Waals surface area (Å²) in [6, 6.07) is 12.8. The summed E-state index contributed by atoms with van der Waals surface area (Å²) < 4.78 is 10.7. The van der Waals surface area contributed by atoms with Crippen molar-refractivity contribution in [3.8, 4) is 22.6 Å². The third-order valence-corrected chi connectivity index (χ3v) is 4.18. The van der Waals surface area contributed by atoms with E-state index in [1.165, 1.54) is 0 Å². The molecule has 2 aromatic carbocycles. The first-order chi connectivity index (χ1) is 13.5. The fraction of sp³-hybridized carbons (Fsp3) is 0.238. The summed E-state index contributed by atoms with van der Waals surface area (Å²) in [5.41, 5.74) is 3.25. The molecule has 0 aliphatic heterocycles. The largest absolute Gasteiger partial charge is 0.497 e. The first-order valence-corrected chi connectivity index (χ1v) is 8.84. The van der Waals surface area contributed by atoms with Crippen LogP contribution in [-0.4, -0.2) is 43.0 Å². The number of nitrogens with one attached hydrogen (secondary N) is 2. The van der Waals surface area contributed by atoms with Gasteiger partial charge in [-0.25, -0.2) is 4.79 Å². The van der Waals surface area contributed by atoms with Crippen LogP contribution >= 0.6 is 0 Å². The topological polar surface area (TPSA) is 92.7 Å². The lowest BCUT2D eigenvalue weighted by atomic mass is 10.0. The van der Waals surface area contributed by atoms with Crippen molar-refractivity contribution in [3.05, 3.63) is 48.7 Å². The van der Waals surface area contributed by atoms with Gasteiger partial charge >= 0.3 is 6.03 Å². The fourth-order valence-electron chi connectivity index (χ4n) is 2.75. The van der Waals surface area contributed by atoms with Crippen molar-refractivity contribution < 1.29 is 19.4 Å². The Kier molecular flexibility index (Phi) is 5.96. The first-order valence-electron chi connectivity index (χ1n) is 8.84. The van der Waals surface area contributed by atoms with Gasteiger partial charge in [-0.15, -0.1) is 0 Å². The van der Waals surface area contributed by atoms with Crippen LogP contribution in [0, 0.1) is 0 Å². The number of methoxy groups -OCH3 is 2. The van der Waals surface area contributed by atoms with Gasteiger partial charge in [-0.1, -0.05) is 6.07 Å². The van der Waals surface area contributed by atoms with Crippen LogP contribution in [0.3, 0.4) is 0 Å². The summed E-state index contributed by atoms with van der Waals surface area (Å²) in [5, 5.41) is 15.5. The molecule has 3 N–H and O–H groups in total. The maximum absolute atomic E-state index is 11.8. The molecule has 2 amide bonds. The van der Waals surface area contributed by atoms with Crippen LogP contribution in [-0.2, 0) is 0 Å². The molecule has 0 aliphatic rings.